The number of furan rings is 1. The summed E-state index contributed by atoms with van der Waals surface area (Å²) < 4.78 is 7.20. The fraction of sp³-hybridized carbons (Fsp3) is 0.280. The van der Waals surface area contributed by atoms with Gasteiger partial charge in [-0.15, -0.1) is 0 Å². The van der Waals surface area contributed by atoms with Crippen molar-refractivity contribution >= 4 is 17.5 Å². The SMILES string of the molecule is NC(=O)c1ncn2c(C(=O)NCC(c3ccco3)N3CCCCC3)cc(-c3ccccc3)nc12. The Bertz CT molecular complexity index is 1290. The number of hydrogen-bond acceptors (Lipinski definition) is 6. The van der Waals surface area contributed by atoms with Crippen LogP contribution < -0.4 is 11.1 Å². The Labute approximate surface area is 196 Å². The lowest BCUT2D eigenvalue weighted by Gasteiger charge is -2.33. The Balaban J connectivity index is 1.48. The third-order valence-corrected chi connectivity index (χ3v) is 6.20. The maximum atomic E-state index is 13.4. The van der Waals surface area contributed by atoms with Gasteiger partial charge in [0.2, 0.25) is 0 Å². The second-order valence-corrected chi connectivity index (χ2v) is 8.38. The van der Waals surface area contributed by atoms with Gasteiger partial charge in [-0.2, -0.15) is 0 Å². The van der Waals surface area contributed by atoms with Gasteiger partial charge in [0.25, 0.3) is 11.8 Å². The van der Waals surface area contributed by atoms with Crippen LogP contribution in [0.2, 0.25) is 0 Å². The molecule has 9 nitrogen and oxygen atoms in total. The number of nitrogens with two attached hydrogens (primary N) is 1. The summed E-state index contributed by atoms with van der Waals surface area (Å²) in [5, 5.41) is 3.06. The molecule has 1 aromatic carbocycles. The molecule has 0 aliphatic carbocycles. The fourth-order valence-corrected chi connectivity index (χ4v) is 4.48. The summed E-state index contributed by atoms with van der Waals surface area (Å²) in [7, 11) is 0. The van der Waals surface area contributed by atoms with Crippen molar-refractivity contribution < 1.29 is 14.0 Å². The van der Waals surface area contributed by atoms with Crippen LogP contribution in [-0.2, 0) is 0 Å². The Hall–Kier alpha value is -3.98. The summed E-state index contributed by atoms with van der Waals surface area (Å²) in [6, 6.07) is 14.9. The predicted octanol–water partition coefficient (Wildman–Crippen LogP) is 3.05. The molecule has 3 N–H and O–H groups in total. The van der Waals surface area contributed by atoms with Crippen molar-refractivity contribution in [3.05, 3.63) is 78.3 Å². The predicted molar refractivity (Wildman–Crippen MR) is 126 cm³/mol. The number of amides is 2. The van der Waals surface area contributed by atoms with E-state index in [2.05, 4.69) is 20.2 Å². The maximum absolute atomic E-state index is 13.4. The van der Waals surface area contributed by atoms with Gasteiger partial charge in [0.05, 0.1) is 18.0 Å². The number of nitrogens with one attached hydrogen (secondary N) is 1. The molecule has 2 amide bonds. The van der Waals surface area contributed by atoms with Crippen molar-refractivity contribution in [2.24, 2.45) is 5.73 Å². The van der Waals surface area contributed by atoms with Crippen molar-refractivity contribution in [2.75, 3.05) is 19.6 Å². The van der Waals surface area contributed by atoms with Crippen LogP contribution in [0, 0.1) is 0 Å². The van der Waals surface area contributed by atoms with Crippen molar-refractivity contribution in [1.29, 1.82) is 0 Å². The standard InChI is InChI=1S/C25H26N6O3/c26-23(32)22-24-29-18(17-8-3-1-4-9-17)14-19(31(24)16-28-22)25(33)27-15-20(21-10-7-13-34-21)30-11-5-2-6-12-30/h1,3-4,7-10,13-14,16,20H,2,5-6,11-12,15H2,(H2,26,32)(H,27,33). The van der Waals surface area contributed by atoms with Gasteiger partial charge < -0.3 is 15.5 Å². The molecule has 34 heavy (non-hydrogen) atoms. The smallest absolute Gasteiger partial charge is 0.271 e. The van der Waals surface area contributed by atoms with Gasteiger partial charge in [0.1, 0.15) is 17.8 Å². The van der Waals surface area contributed by atoms with E-state index < -0.39 is 5.91 Å². The number of piperidine rings is 1. The number of likely N-dealkylation sites (tertiary alicyclic amines) is 1. The van der Waals surface area contributed by atoms with Gasteiger partial charge in [-0.1, -0.05) is 36.8 Å². The average Bonchev–Trinajstić information content (AvgIpc) is 3.55. The largest absolute Gasteiger partial charge is 0.468 e. The van der Waals surface area contributed by atoms with Gasteiger partial charge in [0, 0.05) is 12.1 Å². The quantitative estimate of drug-likeness (QED) is 0.439. The summed E-state index contributed by atoms with van der Waals surface area (Å²) in [4.78, 5) is 36.4. The van der Waals surface area contributed by atoms with E-state index in [1.807, 2.05) is 42.5 Å². The molecule has 4 heterocycles. The molecular weight excluding hydrogens is 432 g/mol. The molecule has 1 atom stereocenters. The summed E-state index contributed by atoms with van der Waals surface area (Å²) in [5.74, 6) is -0.174. The van der Waals surface area contributed by atoms with Crippen LogP contribution in [0.5, 0.6) is 0 Å². The summed E-state index contributed by atoms with van der Waals surface area (Å²) in [5.41, 5.74) is 7.47. The molecular formula is C25H26N6O3. The Morgan fingerprint density at radius 3 is 2.59 bits per heavy atom. The van der Waals surface area contributed by atoms with Crippen LogP contribution in [0.1, 0.15) is 52.0 Å². The molecule has 9 heteroatoms. The second-order valence-electron chi connectivity index (χ2n) is 8.38. The molecule has 5 rings (SSSR count). The first-order valence-electron chi connectivity index (χ1n) is 11.4. The zero-order valence-corrected chi connectivity index (χ0v) is 18.7. The van der Waals surface area contributed by atoms with Gasteiger partial charge >= 0.3 is 0 Å². The number of rotatable bonds is 7. The van der Waals surface area contributed by atoms with Crippen LogP contribution in [0.15, 0.2) is 65.5 Å². The van der Waals surface area contributed by atoms with E-state index in [1.165, 1.54) is 17.1 Å². The lowest BCUT2D eigenvalue weighted by Crippen LogP contribution is -2.40. The van der Waals surface area contributed by atoms with E-state index in [0.29, 0.717) is 17.9 Å². The first-order valence-corrected chi connectivity index (χ1v) is 11.4. The maximum Gasteiger partial charge on any atom is 0.271 e. The van der Waals surface area contributed by atoms with E-state index in [0.717, 1.165) is 37.3 Å². The van der Waals surface area contributed by atoms with Gasteiger partial charge in [-0.05, 0) is 44.1 Å². The highest BCUT2D eigenvalue weighted by molar-refractivity contribution is 5.99. The van der Waals surface area contributed by atoms with Crippen LogP contribution >= 0.6 is 0 Å². The number of aromatic nitrogens is 3. The van der Waals surface area contributed by atoms with E-state index in [-0.39, 0.29) is 23.3 Å². The minimum absolute atomic E-state index is 0.0219. The summed E-state index contributed by atoms with van der Waals surface area (Å²) in [6.45, 7) is 2.30. The number of hydrogen-bond donors (Lipinski definition) is 2. The number of fused-ring (bicyclic) bond motifs is 1. The van der Waals surface area contributed by atoms with E-state index in [9.17, 15) is 9.59 Å². The highest BCUT2D eigenvalue weighted by atomic mass is 16.3. The van der Waals surface area contributed by atoms with Gasteiger partial charge in [0.15, 0.2) is 11.3 Å². The third kappa shape index (κ3) is 4.29. The van der Waals surface area contributed by atoms with Gasteiger partial charge in [-0.3, -0.25) is 18.9 Å². The molecule has 1 aliphatic heterocycles. The lowest BCUT2D eigenvalue weighted by atomic mass is 10.1. The monoisotopic (exact) mass is 458 g/mol. The van der Waals surface area contributed by atoms with Crippen LogP contribution in [-0.4, -0.2) is 50.7 Å². The average molecular weight is 459 g/mol. The van der Waals surface area contributed by atoms with Crippen LogP contribution in [0.3, 0.4) is 0 Å². The zero-order valence-electron chi connectivity index (χ0n) is 18.7. The Morgan fingerprint density at radius 2 is 1.88 bits per heavy atom. The van der Waals surface area contributed by atoms with Crippen molar-refractivity contribution in [2.45, 2.75) is 25.3 Å². The van der Waals surface area contributed by atoms with Crippen LogP contribution in [0.4, 0.5) is 0 Å². The zero-order chi connectivity index (χ0) is 23.5. The molecule has 0 radical (unpaired) electrons. The molecule has 0 spiro atoms. The molecule has 1 unspecified atom stereocenters. The third-order valence-electron chi connectivity index (χ3n) is 6.20. The Morgan fingerprint density at radius 1 is 1.09 bits per heavy atom. The minimum Gasteiger partial charge on any atom is -0.468 e. The second kappa shape index (κ2) is 9.48. The first-order chi connectivity index (χ1) is 16.6. The number of carbonyl (C=O) groups excluding carboxylic acids is 2. The Kier molecular flexibility index (Phi) is 6.09. The first kappa shape index (κ1) is 21.8. The summed E-state index contributed by atoms with van der Waals surface area (Å²) in [6.07, 6.45) is 6.53. The van der Waals surface area contributed by atoms with Gasteiger partial charge in [-0.25, -0.2) is 9.97 Å². The minimum atomic E-state index is -0.699. The van der Waals surface area contributed by atoms with Crippen molar-refractivity contribution in [1.82, 2.24) is 24.6 Å². The topological polar surface area (TPSA) is 119 Å². The molecule has 1 aliphatic rings. The molecule has 4 aromatic rings. The molecule has 0 saturated carbocycles. The highest BCUT2D eigenvalue weighted by Crippen LogP contribution is 2.25. The fourth-order valence-electron chi connectivity index (χ4n) is 4.48. The van der Waals surface area contributed by atoms with Crippen LogP contribution in [0.25, 0.3) is 16.9 Å². The number of carbonyl (C=O) groups is 2. The normalized spacial score (nSPS) is 15.3. The molecule has 3 aromatic heterocycles. The van der Waals surface area contributed by atoms with E-state index >= 15 is 0 Å². The number of imidazole rings is 1. The summed E-state index contributed by atoms with van der Waals surface area (Å²) >= 11 is 0. The number of benzene rings is 1. The highest BCUT2D eigenvalue weighted by Gasteiger charge is 2.26. The molecule has 174 valence electrons. The van der Waals surface area contributed by atoms with E-state index in [1.54, 1.807) is 12.3 Å². The van der Waals surface area contributed by atoms with E-state index in [4.69, 9.17) is 10.2 Å². The molecule has 1 fully saturated rings. The molecule has 1 saturated heterocycles. The number of primary amides is 1. The van der Waals surface area contributed by atoms with Crippen molar-refractivity contribution in [3.63, 3.8) is 0 Å². The molecule has 0 bridgehead atoms. The lowest BCUT2D eigenvalue weighted by molar-refractivity contribution is 0.0907. The number of nitrogens with zero attached hydrogens (tertiary/aromatic N) is 4. The van der Waals surface area contributed by atoms with Crippen molar-refractivity contribution in [3.8, 4) is 11.3 Å².